The van der Waals surface area contributed by atoms with Crippen molar-refractivity contribution >= 4 is 5.91 Å². The van der Waals surface area contributed by atoms with E-state index in [-0.39, 0.29) is 17.5 Å². The summed E-state index contributed by atoms with van der Waals surface area (Å²) in [5.74, 6) is 0.303. The lowest BCUT2D eigenvalue weighted by atomic mass is 10.0. The highest BCUT2D eigenvalue weighted by molar-refractivity contribution is 5.97. The summed E-state index contributed by atoms with van der Waals surface area (Å²) in [5, 5.41) is 12.3. The first-order valence-electron chi connectivity index (χ1n) is 8.79. The van der Waals surface area contributed by atoms with Crippen molar-refractivity contribution in [3.8, 4) is 6.07 Å². The van der Waals surface area contributed by atoms with E-state index in [1.54, 1.807) is 6.20 Å². The van der Waals surface area contributed by atoms with Crippen molar-refractivity contribution in [1.29, 1.82) is 5.26 Å². The Labute approximate surface area is 145 Å². The van der Waals surface area contributed by atoms with Crippen molar-refractivity contribution in [3.05, 3.63) is 47.2 Å². The maximum Gasteiger partial charge on any atom is 0.263 e. The normalized spacial score (nSPS) is 19.5. The summed E-state index contributed by atoms with van der Waals surface area (Å²) in [7, 11) is 0. The number of nitrogens with one attached hydrogen (secondary N) is 1. The maximum absolute atomic E-state index is 12.4. The molecule has 0 saturated carbocycles. The number of carbonyl (C=O) groups is 1. The third-order valence-corrected chi connectivity index (χ3v) is 4.60. The second-order valence-electron chi connectivity index (χ2n) is 6.69. The number of carbonyl (C=O) groups excluding carboxylic acids is 1. The van der Waals surface area contributed by atoms with Gasteiger partial charge in [0.05, 0.1) is 6.04 Å². The van der Waals surface area contributed by atoms with Gasteiger partial charge in [0, 0.05) is 19.3 Å². The summed E-state index contributed by atoms with van der Waals surface area (Å²) in [6, 6.07) is 10.1. The molecule has 2 atom stereocenters. The molecule has 2 unspecified atom stereocenters. The fourth-order valence-corrected chi connectivity index (χ4v) is 3.06. The van der Waals surface area contributed by atoms with E-state index in [1.165, 1.54) is 12.0 Å². The monoisotopic (exact) mass is 325 g/mol. The summed E-state index contributed by atoms with van der Waals surface area (Å²) >= 11 is 0. The van der Waals surface area contributed by atoms with Crippen LogP contribution in [-0.4, -0.2) is 23.9 Å². The van der Waals surface area contributed by atoms with E-state index in [9.17, 15) is 10.1 Å². The molecule has 1 aliphatic rings. The highest BCUT2D eigenvalue weighted by Crippen LogP contribution is 2.17. The molecular formula is C20H27N3O. The van der Waals surface area contributed by atoms with Crippen molar-refractivity contribution in [2.75, 3.05) is 13.1 Å². The lowest BCUT2D eigenvalue weighted by molar-refractivity contribution is -0.117. The van der Waals surface area contributed by atoms with Gasteiger partial charge in [-0.05, 0) is 43.2 Å². The molecule has 0 aromatic heterocycles. The fourth-order valence-electron chi connectivity index (χ4n) is 3.06. The number of piperidine rings is 1. The largest absolute Gasteiger partial charge is 0.376 e. The van der Waals surface area contributed by atoms with Gasteiger partial charge in [-0.25, -0.2) is 0 Å². The summed E-state index contributed by atoms with van der Waals surface area (Å²) < 4.78 is 0. The first-order valence-corrected chi connectivity index (χ1v) is 8.79. The van der Waals surface area contributed by atoms with Gasteiger partial charge >= 0.3 is 0 Å². The molecule has 1 aromatic rings. The minimum Gasteiger partial charge on any atom is -0.376 e. The standard InChI is InChI=1S/C20H27N3O/c1-4-17-7-9-18(10-8-17)16(3)22-20(24)19(12-21)14-23-11-5-6-15(2)13-23/h7-10,14-16H,4-6,11,13H2,1-3H3,(H,22,24)/b19-14-. The molecule has 0 spiro atoms. The second-order valence-corrected chi connectivity index (χ2v) is 6.69. The molecule has 4 nitrogen and oxygen atoms in total. The van der Waals surface area contributed by atoms with Crippen molar-refractivity contribution < 1.29 is 4.79 Å². The summed E-state index contributed by atoms with van der Waals surface area (Å²) in [6.07, 6.45) is 5.04. The SMILES string of the molecule is CCc1ccc(C(C)NC(=O)/C(C#N)=C\N2CCCC(C)C2)cc1. The lowest BCUT2D eigenvalue weighted by Gasteiger charge is -2.30. The number of hydrogen-bond donors (Lipinski definition) is 1. The molecule has 0 bridgehead atoms. The van der Waals surface area contributed by atoms with Crippen LogP contribution < -0.4 is 5.32 Å². The Morgan fingerprint density at radius 1 is 1.46 bits per heavy atom. The molecule has 1 saturated heterocycles. The molecule has 24 heavy (non-hydrogen) atoms. The van der Waals surface area contributed by atoms with E-state index >= 15 is 0 Å². The quantitative estimate of drug-likeness (QED) is 0.665. The van der Waals surface area contributed by atoms with Crippen LogP contribution in [0.15, 0.2) is 36.0 Å². The van der Waals surface area contributed by atoms with E-state index < -0.39 is 0 Å². The van der Waals surface area contributed by atoms with Gasteiger partial charge in [0.1, 0.15) is 11.6 Å². The zero-order chi connectivity index (χ0) is 17.5. The van der Waals surface area contributed by atoms with Crippen LogP contribution in [0.1, 0.15) is 50.8 Å². The molecule has 1 fully saturated rings. The lowest BCUT2D eigenvalue weighted by Crippen LogP contribution is -2.33. The van der Waals surface area contributed by atoms with Gasteiger partial charge in [-0.1, -0.05) is 38.1 Å². The van der Waals surface area contributed by atoms with Gasteiger partial charge < -0.3 is 10.2 Å². The Kier molecular flexibility index (Phi) is 6.43. The van der Waals surface area contributed by atoms with Gasteiger partial charge in [0.25, 0.3) is 5.91 Å². The molecule has 1 amide bonds. The molecule has 1 aromatic carbocycles. The van der Waals surface area contributed by atoms with Gasteiger partial charge in [-0.15, -0.1) is 0 Å². The van der Waals surface area contributed by atoms with E-state index in [2.05, 4.69) is 36.2 Å². The molecule has 1 N–H and O–H groups in total. The van der Waals surface area contributed by atoms with Crippen LogP contribution in [-0.2, 0) is 11.2 Å². The number of benzene rings is 1. The third kappa shape index (κ3) is 4.86. The zero-order valence-electron chi connectivity index (χ0n) is 14.9. The predicted octanol–water partition coefficient (Wildman–Crippen LogP) is 3.57. The van der Waals surface area contributed by atoms with Gasteiger partial charge in [0.2, 0.25) is 0 Å². The Bertz CT molecular complexity index is 627. The minimum atomic E-state index is -0.303. The smallest absolute Gasteiger partial charge is 0.263 e. The number of rotatable bonds is 5. The molecule has 128 valence electrons. The van der Waals surface area contributed by atoms with Crippen LogP contribution >= 0.6 is 0 Å². The molecule has 0 radical (unpaired) electrons. The molecular weight excluding hydrogens is 298 g/mol. The Morgan fingerprint density at radius 3 is 2.75 bits per heavy atom. The molecule has 2 rings (SSSR count). The predicted molar refractivity (Wildman–Crippen MR) is 96.0 cm³/mol. The highest BCUT2D eigenvalue weighted by Gasteiger charge is 2.18. The van der Waals surface area contributed by atoms with Crippen molar-refractivity contribution in [2.45, 2.75) is 46.1 Å². The number of nitriles is 1. The zero-order valence-corrected chi connectivity index (χ0v) is 14.9. The first-order chi connectivity index (χ1) is 11.5. The first kappa shape index (κ1) is 18.1. The van der Waals surface area contributed by atoms with Crippen LogP contribution in [0.25, 0.3) is 0 Å². The number of likely N-dealkylation sites (tertiary alicyclic amines) is 1. The topological polar surface area (TPSA) is 56.1 Å². The van der Waals surface area contributed by atoms with Crippen LogP contribution in [0.2, 0.25) is 0 Å². The van der Waals surface area contributed by atoms with Gasteiger partial charge in [-0.2, -0.15) is 5.26 Å². The summed E-state index contributed by atoms with van der Waals surface area (Å²) in [5.41, 5.74) is 2.50. The maximum atomic E-state index is 12.4. The molecule has 0 aliphatic carbocycles. The van der Waals surface area contributed by atoms with Crippen molar-refractivity contribution in [1.82, 2.24) is 10.2 Å². The summed E-state index contributed by atoms with van der Waals surface area (Å²) in [4.78, 5) is 14.5. The average molecular weight is 325 g/mol. The Balaban J connectivity index is 2.01. The Hall–Kier alpha value is -2.28. The van der Waals surface area contributed by atoms with Gasteiger partial charge in [-0.3, -0.25) is 4.79 Å². The van der Waals surface area contributed by atoms with E-state index in [0.29, 0.717) is 5.92 Å². The molecule has 4 heteroatoms. The average Bonchev–Trinajstić information content (AvgIpc) is 2.59. The number of nitrogens with zero attached hydrogens (tertiary/aromatic N) is 2. The molecule has 1 heterocycles. The highest BCUT2D eigenvalue weighted by atomic mass is 16.1. The van der Waals surface area contributed by atoms with Crippen LogP contribution in [0, 0.1) is 17.2 Å². The number of hydrogen-bond acceptors (Lipinski definition) is 3. The second kappa shape index (κ2) is 8.54. The van der Waals surface area contributed by atoms with Crippen molar-refractivity contribution in [2.24, 2.45) is 5.92 Å². The van der Waals surface area contributed by atoms with Crippen LogP contribution in [0.4, 0.5) is 0 Å². The van der Waals surface area contributed by atoms with E-state index in [1.807, 2.05) is 25.1 Å². The van der Waals surface area contributed by atoms with Crippen LogP contribution in [0.5, 0.6) is 0 Å². The Morgan fingerprint density at radius 2 is 2.17 bits per heavy atom. The van der Waals surface area contributed by atoms with E-state index in [0.717, 1.165) is 31.5 Å². The molecule has 1 aliphatic heterocycles. The van der Waals surface area contributed by atoms with Gasteiger partial charge in [0.15, 0.2) is 0 Å². The van der Waals surface area contributed by atoms with Crippen LogP contribution in [0.3, 0.4) is 0 Å². The van der Waals surface area contributed by atoms with E-state index in [4.69, 9.17) is 0 Å². The third-order valence-electron chi connectivity index (χ3n) is 4.60. The minimum absolute atomic E-state index is 0.125. The number of amides is 1. The van der Waals surface area contributed by atoms with Crippen molar-refractivity contribution in [3.63, 3.8) is 0 Å². The number of aryl methyl sites for hydroxylation is 1. The fraction of sp³-hybridized carbons (Fsp3) is 0.500. The summed E-state index contributed by atoms with van der Waals surface area (Å²) in [6.45, 7) is 8.08.